The van der Waals surface area contributed by atoms with E-state index in [0.717, 1.165) is 11.1 Å². The zero-order chi connectivity index (χ0) is 23.3. The van der Waals surface area contributed by atoms with Gasteiger partial charge in [-0.15, -0.1) is 0 Å². The predicted octanol–water partition coefficient (Wildman–Crippen LogP) is 1.72. The summed E-state index contributed by atoms with van der Waals surface area (Å²) in [7, 11) is -12.4. The van der Waals surface area contributed by atoms with Crippen molar-refractivity contribution in [2.45, 2.75) is 30.6 Å². The van der Waals surface area contributed by atoms with Crippen molar-refractivity contribution in [3.8, 4) is 0 Å². The number of hydrogen-bond donors (Lipinski definition) is 3. The van der Waals surface area contributed by atoms with E-state index in [4.69, 9.17) is 14.8 Å². The van der Waals surface area contributed by atoms with Crippen LogP contribution in [0.15, 0.2) is 46.2 Å². The molecule has 0 fully saturated rings. The van der Waals surface area contributed by atoms with E-state index in [1.165, 1.54) is 18.2 Å². The smallest absolute Gasteiger partial charge is 0.397 e. The van der Waals surface area contributed by atoms with Gasteiger partial charge in [0.1, 0.15) is 0 Å². The van der Waals surface area contributed by atoms with Gasteiger partial charge in [0.2, 0.25) is 0 Å². The molecule has 30 heavy (non-hydrogen) atoms. The molecule has 0 aliphatic carbocycles. The highest BCUT2D eigenvalue weighted by atomic mass is 32.3. The van der Waals surface area contributed by atoms with Crippen LogP contribution in [-0.2, 0) is 34.5 Å². The van der Waals surface area contributed by atoms with Crippen molar-refractivity contribution in [1.82, 2.24) is 0 Å². The zero-order valence-corrected chi connectivity index (χ0v) is 18.9. The first kappa shape index (κ1) is 26.0. The topological polar surface area (TPSA) is 178 Å². The minimum absolute atomic E-state index is 0.0852. The van der Waals surface area contributed by atoms with E-state index in [1.807, 2.05) is 6.92 Å². The summed E-state index contributed by atoms with van der Waals surface area (Å²) in [6, 6.07) is 9.02. The molecule has 0 saturated carbocycles. The van der Waals surface area contributed by atoms with Gasteiger partial charge in [-0.3, -0.25) is 9.11 Å². The quantitative estimate of drug-likeness (QED) is 0.406. The molecule has 10 nitrogen and oxygen atoms in total. The first-order valence-electron chi connectivity index (χ1n) is 8.28. The Kier molecular flexibility index (Phi) is 8.54. The molecule has 0 bridgehead atoms. The molecule has 2 rings (SSSR count). The van der Waals surface area contributed by atoms with E-state index in [1.54, 1.807) is 32.0 Å². The lowest BCUT2D eigenvalue weighted by atomic mass is 10.1. The molecule has 0 amide bonds. The van der Waals surface area contributed by atoms with Crippen LogP contribution in [0.5, 0.6) is 0 Å². The Balaban J connectivity index is 0.000000311. The molecule has 4 N–H and O–H groups in total. The molecule has 2 aromatic rings. The van der Waals surface area contributed by atoms with E-state index in [9.17, 15) is 25.3 Å². The van der Waals surface area contributed by atoms with Gasteiger partial charge in [-0.05, 0) is 50.1 Å². The summed E-state index contributed by atoms with van der Waals surface area (Å²) < 4.78 is 86.5. The average molecular weight is 482 g/mol. The Labute approximate surface area is 176 Å². The predicted molar refractivity (Wildman–Crippen MR) is 111 cm³/mol. The molecule has 0 aromatic heterocycles. The molecule has 0 unspecified atom stereocenters. The van der Waals surface area contributed by atoms with Crippen molar-refractivity contribution in [3.05, 3.63) is 53.1 Å². The maximum atomic E-state index is 11.7. The Hall–Kier alpha value is -2.03. The molecule has 0 radical (unpaired) electrons. The van der Waals surface area contributed by atoms with Crippen molar-refractivity contribution in [2.24, 2.45) is 0 Å². The second-order valence-corrected chi connectivity index (χ2v) is 10.9. The minimum atomic E-state index is -4.60. The molecule has 0 spiro atoms. The van der Waals surface area contributed by atoms with Crippen LogP contribution < -0.4 is 5.73 Å². The monoisotopic (exact) mass is 481 g/mol. The number of sulfone groups is 1. The molecule has 0 saturated heterocycles. The largest absolute Gasteiger partial charge is 0.398 e. The highest BCUT2D eigenvalue weighted by Crippen LogP contribution is 2.21. The van der Waals surface area contributed by atoms with Crippen LogP contribution in [-0.4, -0.2) is 46.7 Å². The molecule has 13 heteroatoms. The molecule has 0 heterocycles. The maximum absolute atomic E-state index is 11.7. The summed E-state index contributed by atoms with van der Waals surface area (Å²) in [5.41, 5.74) is 8.08. The van der Waals surface area contributed by atoms with E-state index < -0.39 is 42.7 Å². The SMILES string of the molecule is Cc1cc(C)c(S(=O)(=O)O)cc1N.Cc1ccc(S(=O)(=O)CCOS(=O)(=O)O)cc1. The number of nitrogens with two attached hydrogens (primary N) is 1. The lowest BCUT2D eigenvalue weighted by Gasteiger charge is -2.06. The Bertz CT molecular complexity index is 1200. The van der Waals surface area contributed by atoms with E-state index in [0.29, 0.717) is 11.3 Å². The van der Waals surface area contributed by atoms with Crippen molar-refractivity contribution < 1.29 is 38.5 Å². The third-order valence-corrected chi connectivity index (χ3v) is 6.96. The average Bonchev–Trinajstić information content (AvgIpc) is 2.56. The van der Waals surface area contributed by atoms with Crippen molar-refractivity contribution in [3.63, 3.8) is 0 Å². The fourth-order valence-corrected chi connectivity index (χ4v) is 4.47. The van der Waals surface area contributed by atoms with Crippen LogP contribution in [0.25, 0.3) is 0 Å². The Morgan fingerprint density at radius 3 is 1.87 bits per heavy atom. The van der Waals surface area contributed by atoms with Crippen LogP contribution in [0.3, 0.4) is 0 Å². The fourth-order valence-electron chi connectivity index (χ4n) is 2.24. The van der Waals surface area contributed by atoms with Gasteiger partial charge in [0.05, 0.1) is 22.2 Å². The summed E-state index contributed by atoms with van der Waals surface area (Å²) in [4.78, 5) is -0.0439. The first-order valence-corrected chi connectivity index (χ1v) is 12.7. The lowest BCUT2D eigenvalue weighted by Crippen LogP contribution is -2.15. The summed E-state index contributed by atoms with van der Waals surface area (Å²) in [5, 5.41) is 0. The van der Waals surface area contributed by atoms with Crippen LogP contribution in [0.1, 0.15) is 16.7 Å². The molecular formula is C17H23NO9S3. The van der Waals surface area contributed by atoms with Crippen molar-refractivity contribution in [1.29, 1.82) is 0 Å². The van der Waals surface area contributed by atoms with Crippen molar-refractivity contribution >= 4 is 36.0 Å². The highest BCUT2D eigenvalue weighted by molar-refractivity contribution is 7.91. The number of hydrogen-bond acceptors (Lipinski definition) is 8. The third kappa shape index (κ3) is 8.38. The second-order valence-electron chi connectivity index (χ2n) is 6.33. The molecule has 0 aliphatic heterocycles. The van der Waals surface area contributed by atoms with Crippen LogP contribution in [0, 0.1) is 20.8 Å². The number of aryl methyl sites for hydroxylation is 3. The normalized spacial score (nSPS) is 12.2. The van der Waals surface area contributed by atoms with Crippen LogP contribution in [0.2, 0.25) is 0 Å². The highest BCUT2D eigenvalue weighted by Gasteiger charge is 2.16. The number of rotatable bonds is 6. The number of nitrogen functional groups attached to an aromatic ring is 1. The fraction of sp³-hybridized carbons (Fsp3) is 0.294. The van der Waals surface area contributed by atoms with Gasteiger partial charge >= 0.3 is 10.4 Å². The summed E-state index contributed by atoms with van der Waals surface area (Å²) in [6.45, 7) is 4.58. The third-order valence-electron chi connectivity index (χ3n) is 3.81. The number of anilines is 1. The zero-order valence-electron chi connectivity index (χ0n) is 16.4. The molecule has 0 aliphatic rings. The van der Waals surface area contributed by atoms with Gasteiger partial charge in [0, 0.05) is 5.69 Å². The summed E-state index contributed by atoms with van der Waals surface area (Å²) in [6.07, 6.45) is 0. The van der Waals surface area contributed by atoms with Gasteiger partial charge in [-0.1, -0.05) is 23.8 Å². The molecule has 168 valence electrons. The summed E-state index contributed by atoms with van der Waals surface area (Å²) in [5.74, 6) is -0.518. The van der Waals surface area contributed by atoms with Crippen LogP contribution >= 0.6 is 0 Å². The van der Waals surface area contributed by atoms with E-state index in [-0.39, 0.29) is 9.79 Å². The van der Waals surface area contributed by atoms with Gasteiger partial charge in [-0.25, -0.2) is 12.6 Å². The first-order chi connectivity index (χ1) is 13.5. The maximum Gasteiger partial charge on any atom is 0.397 e. The van der Waals surface area contributed by atoms with E-state index in [2.05, 4.69) is 4.18 Å². The van der Waals surface area contributed by atoms with Gasteiger partial charge in [-0.2, -0.15) is 16.8 Å². The standard InChI is InChI=1S/C9H12O6S2.C8H11NO3S/c1-8-2-4-9(5-3-8)16(10,11)7-6-15-17(12,13)14;1-5-3-6(2)8(4-7(5)9)13(10,11)12/h2-5H,6-7H2,1H3,(H,12,13,14);3-4H,9H2,1-2H3,(H,10,11,12). The van der Waals surface area contributed by atoms with Crippen LogP contribution in [0.4, 0.5) is 5.69 Å². The minimum Gasteiger partial charge on any atom is -0.398 e. The second kappa shape index (κ2) is 9.85. The van der Waals surface area contributed by atoms with Gasteiger partial charge in [0.15, 0.2) is 9.84 Å². The van der Waals surface area contributed by atoms with E-state index >= 15 is 0 Å². The summed E-state index contributed by atoms with van der Waals surface area (Å²) >= 11 is 0. The van der Waals surface area contributed by atoms with Gasteiger partial charge < -0.3 is 5.73 Å². The van der Waals surface area contributed by atoms with Crippen molar-refractivity contribution in [2.75, 3.05) is 18.1 Å². The lowest BCUT2D eigenvalue weighted by molar-refractivity contribution is 0.284. The Morgan fingerprint density at radius 2 is 1.40 bits per heavy atom. The molecular weight excluding hydrogens is 458 g/mol. The molecule has 2 aromatic carbocycles. The number of benzene rings is 2. The van der Waals surface area contributed by atoms with Gasteiger partial charge in [0.25, 0.3) is 10.1 Å². The molecule has 0 atom stereocenters. The Morgan fingerprint density at radius 1 is 0.867 bits per heavy atom.